The third-order valence-corrected chi connectivity index (χ3v) is 5.28. The molecule has 3 aromatic carbocycles. The third kappa shape index (κ3) is 5.23. The highest BCUT2D eigenvalue weighted by Gasteiger charge is 2.14. The SMILES string of the molecule is Cc1ccc(CN[C@H](CO)C(=O)O)cc1/C=C/c1cccc(-c2ccccc2)c1C. The number of hydrogen-bond acceptors (Lipinski definition) is 3. The van der Waals surface area contributed by atoms with Crippen molar-refractivity contribution < 1.29 is 15.0 Å². The van der Waals surface area contributed by atoms with Gasteiger partial charge in [-0.2, -0.15) is 0 Å². The lowest BCUT2D eigenvalue weighted by Gasteiger charge is -2.12. The van der Waals surface area contributed by atoms with Gasteiger partial charge in [-0.05, 0) is 52.8 Å². The van der Waals surface area contributed by atoms with E-state index in [1.807, 2.05) is 36.4 Å². The molecule has 3 N–H and O–H groups in total. The minimum Gasteiger partial charge on any atom is -0.480 e. The second-order valence-corrected chi connectivity index (χ2v) is 7.36. The van der Waals surface area contributed by atoms with Crippen molar-refractivity contribution in [2.75, 3.05) is 6.61 Å². The van der Waals surface area contributed by atoms with E-state index < -0.39 is 18.6 Å². The van der Waals surface area contributed by atoms with Gasteiger partial charge >= 0.3 is 5.97 Å². The summed E-state index contributed by atoms with van der Waals surface area (Å²) in [6.45, 7) is 4.13. The summed E-state index contributed by atoms with van der Waals surface area (Å²) in [6, 6.07) is 21.8. The van der Waals surface area contributed by atoms with E-state index in [0.717, 1.165) is 22.3 Å². The van der Waals surface area contributed by atoms with Crippen LogP contribution in [0, 0.1) is 13.8 Å². The molecule has 0 radical (unpaired) electrons. The number of aliphatic carboxylic acids is 1. The molecule has 0 aliphatic rings. The molecule has 154 valence electrons. The fourth-order valence-electron chi connectivity index (χ4n) is 3.39. The number of hydrogen-bond donors (Lipinski definition) is 3. The van der Waals surface area contributed by atoms with E-state index >= 15 is 0 Å². The largest absolute Gasteiger partial charge is 0.480 e. The van der Waals surface area contributed by atoms with E-state index in [2.05, 4.69) is 61.6 Å². The first-order chi connectivity index (χ1) is 14.5. The van der Waals surface area contributed by atoms with Crippen molar-refractivity contribution in [2.45, 2.75) is 26.4 Å². The molecule has 1 atom stereocenters. The highest BCUT2D eigenvalue weighted by atomic mass is 16.4. The Balaban J connectivity index is 1.82. The van der Waals surface area contributed by atoms with Gasteiger partial charge in [0.1, 0.15) is 6.04 Å². The number of aliphatic hydroxyl groups is 1. The number of carboxylic acid groups (broad SMARTS) is 1. The topological polar surface area (TPSA) is 69.6 Å². The second kappa shape index (κ2) is 10.0. The van der Waals surface area contributed by atoms with Gasteiger partial charge in [-0.15, -0.1) is 0 Å². The lowest BCUT2D eigenvalue weighted by molar-refractivity contribution is -0.140. The predicted molar refractivity (Wildman–Crippen MR) is 122 cm³/mol. The van der Waals surface area contributed by atoms with Gasteiger partial charge in [0, 0.05) is 6.54 Å². The van der Waals surface area contributed by atoms with Gasteiger partial charge in [-0.1, -0.05) is 78.9 Å². The van der Waals surface area contributed by atoms with Crippen LogP contribution < -0.4 is 5.32 Å². The molecule has 30 heavy (non-hydrogen) atoms. The van der Waals surface area contributed by atoms with Crippen LogP contribution >= 0.6 is 0 Å². The maximum atomic E-state index is 11.1. The molecule has 0 bridgehead atoms. The van der Waals surface area contributed by atoms with Crippen molar-refractivity contribution in [3.63, 3.8) is 0 Å². The minimum atomic E-state index is -1.06. The molecule has 0 saturated heterocycles. The summed E-state index contributed by atoms with van der Waals surface area (Å²) < 4.78 is 0. The Labute approximate surface area is 177 Å². The first kappa shape index (κ1) is 21.5. The number of rotatable bonds is 8. The summed E-state index contributed by atoms with van der Waals surface area (Å²) in [5.41, 5.74) is 7.99. The molecular weight excluding hydrogens is 374 g/mol. The molecule has 0 unspecified atom stereocenters. The molecule has 4 nitrogen and oxygen atoms in total. The molecule has 0 aliphatic carbocycles. The Morgan fingerprint density at radius 1 is 0.967 bits per heavy atom. The molecule has 0 amide bonds. The number of carboxylic acids is 1. The van der Waals surface area contributed by atoms with E-state index in [1.165, 1.54) is 16.7 Å². The van der Waals surface area contributed by atoms with Gasteiger partial charge in [0.15, 0.2) is 0 Å². The predicted octanol–water partition coefficient (Wildman–Crippen LogP) is 4.68. The zero-order valence-electron chi connectivity index (χ0n) is 17.3. The molecule has 3 aromatic rings. The molecular formula is C26H27NO3. The fraction of sp³-hybridized carbons (Fsp3) is 0.192. The lowest BCUT2D eigenvalue weighted by atomic mass is 9.95. The van der Waals surface area contributed by atoms with Crippen LogP contribution in [0.2, 0.25) is 0 Å². The molecule has 3 rings (SSSR count). The van der Waals surface area contributed by atoms with Gasteiger partial charge < -0.3 is 10.2 Å². The van der Waals surface area contributed by atoms with Crippen LogP contribution in [-0.2, 0) is 11.3 Å². The maximum absolute atomic E-state index is 11.1. The minimum absolute atomic E-state index is 0.376. The molecule has 0 aromatic heterocycles. The van der Waals surface area contributed by atoms with Crippen LogP contribution in [0.3, 0.4) is 0 Å². The van der Waals surface area contributed by atoms with Gasteiger partial charge in [-0.25, -0.2) is 0 Å². The van der Waals surface area contributed by atoms with Gasteiger partial charge in [0.05, 0.1) is 6.61 Å². The Bertz CT molecular complexity index is 1040. The van der Waals surface area contributed by atoms with E-state index in [9.17, 15) is 4.79 Å². The molecule has 0 saturated carbocycles. The molecule has 4 heteroatoms. The number of nitrogens with one attached hydrogen (secondary N) is 1. The van der Waals surface area contributed by atoms with Crippen LogP contribution in [0.1, 0.15) is 27.8 Å². The Morgan fingerprint density at radius 2 is 1.70 bits per heavy atom. The summed E-state index contributed by atoms with van der Waals surface area (Å²) in [6.07, 6.45) is 4.21. The average Bonchev–Trinajstić information content (AvgIpc) is 2.75. The average molecular weight is 402 g/mol. The Hall–Kier alpha value is -3.21. The van der Waals surface area contributed by atoms with E-state index in [4.69, 9.17) is 10.2 Å². The van der Waals surface area contributed by atoms with Crippen molar-refractivity contribution in [2.24, 2.45) is 0 Å². The maximum Gasteiger partial charge on any atom is 0.323 e. The third-order valence-electron chi connectivity index (χ3n) is 5.28. The summed E-state index contributed by atoms with van der Waals surface area (Å²) >= 11 is 0. The zero-order chi connectivity index (χ0) is 21.5. The van der Waals surface area contributed by atoms with Gasteiger partial charge in [0.25, 0.3) is 0 Å². The fourth-order valence-corrected chi connectivity index (χ4v) is 3.39. The number of aryl methyl sites for hydroxylation is 1. The van der Waals surface area contributed by atoms with Crippen molar-refractivity contribution in [1.29, 1.82) is 0 Å². The zero-order valence-corrected chi connectivity index (χ0v) is 17.3. The quantitative estimate of drug-likeness (QED) is 0.480. The Kier molecular flexibility index (Phi) is 7.17. The first-order valence-electron chi connectivity index (χ1n) is 9.99. The van der Waals surface area contributed by atoms with Crippen LogP contribution in [0.25, 0.3) is 23.3 Å². The monoisotopic (exact) mass is 401 g/mol. The summed E-state index contributed by atoms with van der Waals surface area (Å²) in [7, 11) is 0. The van der Waals surface area contributed by atoms with Crippen molar-refractivity contribution in [1.82, 2.24) is 5.32 Å². The molecule has 0 fully saturated rings. The highest BCUT2D eigenvalue weighted by Crippen LogP contribution is 2.27. The van der Waals surface area contributed by atoms with Crippen LogP contribution in [0.15, 0.2) is 66.7 Å². The van der Waals surface area contributed by atoms with Crippen LogP contribution in [0.5, 0.6) is 0 Å². The van der Waals surface area contributed by atoms with Gasteiger partial charge in [-0.3, -0.25) is 10.1 Å². The molecule has 0 aliphatic heterocycles. The van der Waals surface area contributed by atoms with Crippen molar-refractivity contribution >= 4 is 18.1 Å². The second-order valence-electron chi connectivity index (χ2n) is 7.36. The highest BCUT2D eigenvalue weighted by molar-refractivity contribution is 5.78. The first-order valence-corrected chi connectivity index (χ1v) is 9.99. The summed E-state index contributed by atoms with van der Waals surface area (Å²) in [5, 5.41) is 21.1. The molecule has 0 heterocycles. The van der Waals surface area contributed by atoms with Gasteiger partial charge in [0.2, 0.25) is 0 Å². The standard InChI is InChI=1S/C26H27NO3/c1-18-11-12-20(16-27-25(17-28)26(29)30)15-23(18)14-13-21-9-6-10-24(19(21)2)22-7-4-3-5-8-22/h3-15,25,27-28H,16-17H2,1-2H3,(H,29,30)/b14-13+/t25-/m1/s1. The van der Waals surface area contributed by atoms with E-state index in [1.54, 1.807) is 0 Å². The van der Waals surface area contributed by atoms with Crippen LogP contribution in [-0.4, -0.2) is 28.8 Å². The smallest absolute Gasteiger partial charge is 0.323 e. The normalized spacial score (nSPS) is 12.2. The summed E-state index contributed by atoms with van der Waals surface area (Å²) in [5.74, 6) is -1.06. The molecule has 0 spiro atoms. The van der Waals surface area contributed by atoms with E-state index in [-0.39, 0.29) is 0 Å². The Morgan fingerprint density at radius 3 is 2.40 bits per heavy atom. The van der Waals surface area contributed by atoms with Crippen molar-refractivity contribution in [3.05, 3.63) is 94.5 Å². The number of benzene rings is 3. The van der Waals surface area contributed by atoms with E-state index in [0.29, 0.717) is 6.54 Å². The van der Waals surface area contributed by atoms with Crippen LogP contribution in [0.4, 0.5) is 0 Å². The number of carbonyl (C=O) groups is 1. The van der Waals surface area contributed by atoms with Crippen molar-refractivity contribution in [3.8, 4) is 11.1 Å². The number of aliphatic hydroxyl groups excluding tert-OH is 1. The lowest BCUT2D eigenvalue weighted by Crippen LogP contribution is -2.39. The summed E-state index contributed by atoms with van der Waals surface area (Å²) in [4.78, 5) is 11.1.